The van der Waals surface area contributed by atoms with Gasteiger partial charge in [0.05, 0.1) is 27.2 Å². The maximum absolute atomic E-state index is 12.3. The number of rotatable bonds is 5. The van der Waals surface area contributed by atoms with Crippen LogP contribution in [0.15, 0.2) is 36.4 Å². The highest BCUT2D eigenvalue weighted by Gasteiger charge is 2.20. The number of phenols is 1. The maximum atomic E-state index is 12.3. The van der Waals surface area contributed by atoms with Crippen LogP contribution < -0.4 is 10.6 Å². The molecule has 0 unspecified atom stereocenters. The van der Waals surface area contributed by atoms with Crippen LogP contribution in [-0.4, -0.2) is 26.0 Å². The number of hydrogen-bond donors (Lipinski definition) is 3. The van der Waals surface area contributed by atoms with Crippen LogP contribution in [0.4, 0.5) is 17.1 Å². The van der Waals surface area contributed by atoms with E-state index in [9.17, 15) is 30.1 Å². The summed E-state index contributed by atoms with van der Waals surface area (Å²) >= 11 is 5.00. The lowest BCUT2D eigenvalue weighted by Gasteiger charge is -2.12. The van der Waals surface area contributed by atoms with Crippen molar-refractivity contribution in [3.05, 3.63) is 67.8 Å². The molecule has 3 N–H and O–H groups in total. The van der Waals surface area contributed by atoms with Gasteiger partial charge in [-0.1, -0.05) is 13.0 Å². The number of hydrogen-bond acceptors (Lipinski definition) is 7. The molecule has 1 amide bonds. The highest BCUT2D eigenvalue weighted by Crippen LogP contribution is 2.25. The van der Waals surface area contributed by atoms with Gasteiger partial charge in [0.25, 0.3) is 17.3 Å². The molecule has 0 atom stereocenters. The summed E-state index contributed by atoms with van der Waals surface area (Å²) in [6, 6.07) is 7.40. The van der Waals surface area contributed by atoms with E-state index >= 15 is 0 Å². The van der Waals surface area contributed by atoms with Crippen molar-refractivity contribution in [1.82, 2.24) is 5.32 Å². The van der Waals surface area contributed by atoms with E-state index in [-0.39, 0.29) is 22.1 Å². The van der Waals surface area contributed by atoms with E-state index in [4.69, 9.17) is 12.2 Å². The van der Waals surface area contributed by atoms with Gasteiger partial charge in [0.2, 0.25) is 0 Å². The fraction of sp³-hybridized carbons (Fsp3) is 0.125. The average molecular weight is 390 g/mol. The van der Waals surface area contributed by atoms with Crippen molar-refractivity contribution in [2.24, 2.45) is 0 Å². The van der Waals surface area contributed by atoms with E-state index in [0.717, 1.165) is 23.8 Å². The third-order valence-electron chi connectivity index (χ3n) is 3.53. The molecule has 27 heavy (non-hydrogen) atoms. The molecular formula is C16H14N4O6S. The first-order valence-corrected chi connectivity index (χ1v) is 8.00. The van der Waals surface area contributed by atoms with Gasteiger partial charge in [-0.3, -0.25) is 30.3 Å². The number of amides is 1. The first kappa shape index (κ1) is 19.7. The van der Waals surface area contributed by atoms with Gasteiger partial charge in [-0.25, -0.2) is 0 Å². The summed E-state index contributed by atoms with van der Waals surface area (Å²) in [5.41, 5.74) is -0.307. The van der Waals surface area contributed by atoms with Crippen LogP contribution in [0.25, 0.3) is 0 Å². The van der Waals surface area contributed by atoms with Crippen molar-refractivity contribution in [2.45, 2.75) is 13.3 Å². The summed E-state index contributed by atoms with van der Waals surface area (Å²) in [4.78, 5) is 32.4. The lowest BCUT2D eigenvalue weighted by atomic mass is 10.1. The van der Waals surface area contributed by atoms with Crippen molar-refractivity contribution in [2.75, 3.05) is 5.32 Å². The summed E-state index contributed by atoms with van der Waals surface area (Å²) in [6.07, 6.45) is 0.714. The molecule has 2 aromatic rings. The summed E-state index contributed by atoms with van der Waals surface area (Å²) < 4.78 is 0. The first-order valence-electron chi connectivity index (χ1n) is 7.59. The van der Waals surface area contributed by atoms with E-state index in [0.29, 0.717) is 6.42 Å². The third-order valence-corrected chi connectivity index (χ3v) is 3.73. The predicted molar refractivity (Wildman–Crippen MR) is 101 cm³/mol. The van der Waals surface area contributed by atoms with E-state index < -0.39 is 27.1 Å². The Balaban J connectivity index is 2.20. The molecule has 0 spiro atoms. The fourth-order valence-electron chi connectivity index (χ4n) is 2.17. The van der Waals surface area contributed by atoms with Crippen molar-refractivity contribution >= 4 is 40.3 Å². The normalized spacial score (nSPS) is 10.1. The predicted octanol–water partition coefficient (Wildman–Crippen LogP) is 2.90. The molecule has 0 aliphatic carbocycles. The fourth-order valence-corrected chi connectivity index (χ4v) is 2.37. The van der Waals surface area contributed by atoms with Gasteiger partial charge in [-0.15, -0.1) is 0 Å². The number of nitro groups is 2. The molecule has 11 heteroatoms. The largest absolute Gasteiger partial charge is 0.506 e. The van der Waals surface area contributed by atoms with Crippen molar-refractivity contribution in [1.29, 1.82) is 0 Å². The van der Waals surface area contributed by atoms with Crippen molar-refractivity contribution in [3.8, 4) is 5.75 Å². The number of nitro benzene ring substituents is 2. The number of non-ortho nitro benzene ring substituents is 2. The van der Waals surface area contributed by atoms with Crippen molar-refractivity contribution < 1.29 is 19.7 Å². The smallest absolute Gasteiger partial charge is 0.277 e. The van der Waals surface area contributed by atoms with Gasteiger partial charge in [0.15, 0.2) is 5.11 Å². The second kappa shape index (κ2) is 8.19. The summed E-state index contributed by atoms with van der Waals surface area (Å²) in [7, 11) is 0. The topological polar surface area (TPSA) is 148 Å². The molecule has 0 aliphatic heterocycles. The monoisotopic (exact) mass is 390 g/mol. The molecule has 0 saturated heterocycles. The molecule has 0 aliphatic rings. The summed E-state index contributed by atoms with van der Waals surface area (Å²) in [6.45, 7) is 1.92. The summed E-state index contributed by atoms with van der Waals surface area (Å²) in [5, 5.41) is 36.4. The minimum absolute atomic E-state index is 0.0882. The molecule has 0 aromatic heterocycles. The minimum atomic E-state index is -0.870. The number of carbonyl (C=O) groups excluding carboxylic acids is 1. The van der Waals surface area contributed by atoms with Crippen LogP contribution in [0.3, 0.4) is 0 Å². The Kier molecular flexibility index (Phi) is 5.98. The van der Waals surface area contributed by atoms with Crippen LogP contribution in [0.2, 0.25) is 0 Å². The zero-order valence-electron chi connectivity index (χ0n) is 14.0. The number of phenolic OH excluding ortho intramolecular Hbond substituents is 1. The highest BCUT2D eigenvalue weighted by atomic mass is 32.1. The van der Waals surface area contributed by atoms with Crippen LogP contribution >= 0.6 is 12.2 Å². The Labute approximate surface area is 158 Å². The Morgan fingerprint density at radius 3 is 2.22 bits per heavy atom. The molecule has 0 bridgehead atoms. The average Bonchev–Trinajstić information content (AvgIpc) is 2.62. The number of benzene rings is 2. The second-order valence-electron chi connectivity index (χ2n) is 5.37. The van der Waals surface area contributed by atoms with Gasteiger partial charge in [-0.05, 0) is 36.3 Å². The number of nitrogens with one attached hydrogen (secondary N) is 2. The summed E-state index contributed by atoms with van der Waals surface area (Å²) in [5.74, 6) is -0.958. The first-order chi connectivity index (χ1) is 12.7. The highest BCUT2D eigenvalue weighted by molar-refractivity contribution is 7.80. The number of aryl methyl sites for hydroxylation is 1. The number of nitrogens with zero attached hydrogens (tertiary/aromatic N) is 2. The molecule has 2 rings (SSSR count). The lowest BCUT2D eigenvalue weighted by molar-refractivity contribution is -0.394. The molecular weight excluding hydrogens is 376 g/mol. The Morgan fingerprint density at radius 1 is 1.11 bits per heavy atom. The van der Waals surface area contributed by atoms with E-state index in [1.807, 2.05) is 6.92 Å². The van der Waals surface area contributed by atoms with Gasteiger partial charge < -0.3 is 10.4 Å². The molecule has 10 nitrogen and oxygen atoms in total. The SMILES string of the molecule is CCc1ccc(O)c(NC(=S)NC(=O)c2cc([N+](=O)[O-])cc([N+](=O)[O-])c2)c1. The zero-order chi connectivity index (χ0) is 20.1. The maximum Gasteiger partial charge on any atom is 0.277 e. The van der Waals surface area contributed by atoms with Gasteiger partial charge >= 0.3 is 0 Å². The van der Waals surface area contributed by atoms with Crippen LogP contribution in [-0.2, 0) is 6.42 Å². The van der Waals surface area contributed by atoms with E-state index in [2.05, 4.69) is 10.6 Å². The Bertz CT molecular complexity index is 914. The van der Waals surface area contributed by atoms with Crippen LogP contribution in [0.5, 0.6) is 5.75 Å². The van der Waals surface area contributed by atoms with E-state index in [1.54, 1.807) is 12.1 Å². The van der Waals surface area contributed by atoms with Gasteiger partial charge in [-0.2, -0.15) is 0 Å². The van der Waals surface area contributed by atoms with Crippen LogP contribution in [0.1, 0.15) is 22.8 Å². The Morgan fingerprint density at radius 2 is 1.70 bits per heavy atom. The molecule has 0 saturated carbocycles. The van der Waals surface area contributed by atoms with Gasteiger partial charge in [0, 0.05) is 12.1 Å². The molecule has 0 fully saturated rings. The number of aromatic hydroxyl groups is 1. The van der Waals surface area contributed by atoms with E-state index in [1.165, 1.54) is 6.07 Å². The second-order valence-corrected chi connectivity index (χ2v) is 5.77. The number of thiocarbonyl (C=S) groups is 1. The third kappa shape index (κ3) is 4.95. The number of anilines is 1. The molecule has 140 valence electrons. The number of carbonyl (C=O) groups is 1. The van der Waals surface area contributed by atoms with Crippen LogP contribution in [0, 0.1) is 20.2 Å². The van der Waals surface area contributed by atoms with Crippen molar-refractivity contribution in [3.63, 3.8) is 0 Å². The minimum Gasteiger partial charge on any atom is -0.506 e. The Hall–Kier alpha value is -3.60. The lowest BCUT2D eigenvalue weighted by Crippen LogP contribution is -2.34. The molecule has 0 heterocycles. The quantitative estimate of drug-likeness (QED) is 0.305. The zero-order valence-corrected chi connectivity index (χ0v) is 14.8. The van der Waals surface area contributed by atoms with Gasteiger partial charge in [0.1, 0.15) is 5.75 Å². The standard InChI is InChI=1S/C16H14N4O6S/c1-2-9-3-4-14(21)13(5-9)17-16(27)18-15(22)10-6-11(19(23)24)8-12(7-10)20(25)26/h3-8,21H,2H2,1H3,(H2,17,18,22,27). The molecule has 2 aromatic carbocycles. The molecule has 0 radical (unpaired) electrons.